The number of nitriles is 1. The van der Waals surface area contributed by atoms with Crippen molar-refractivity contribution in [2.24, 2.45) is 0 Å². The van der Waals surface area contributed by atoms with Gasteiger partial charge in [0.05, 0.1) is 11.3 Å². The maximum Gasteiger partial charge on any atom is 0.272 e. The van der Waals surface area contributed by atoms with Gasteiger partial charge in [-0.1, -0.05) is 12.1 Å². The number of likely N-dealkylation sites (N-methyl/N-ethyl adjacent to an activating group) is 1. The van der Waals surface area contributed by atoms with Gasteiger partial charge in [-0.2, -0.15) is 5.26 Å². The van der Waals surface area contributed by atoms with Crippen molar-refractivity contribution in [3.8, 4) is 6.07 Å². The Morgan fingerprint density at radius 2 is 1.93 bits per heavy atom. The van der Waals surface area contributed by atoms with E-state index < -0.39 is 0 Å². The summed E-state index contributed by atoms with van der Waals surface area (Å²) in [5.74, 6) is 0.766. The lowest BCUT2D eigenvalue weighted by Gasteiger charge is -2.17. The molecule has 0 spiro atoms. The molecule has 0 aliphatic carbocycles. The summed E-state index contributed by atoms with van der Waals surface area (Å²) >= 11 is 0. The Kier molecular flexibility index (Phi) is 5.92. The number of benzene rings is 1. The van der Waals surface area contributed by atoms with Gasteiger partial charge in [0, 0.05) is 32.1 Å². The molecule has 0 fully saturated rings. The van der Waals surface area contributed by atoms with Gasteiger partial charge in [-0.3, -0.25) is 9.78 Å². The predicted octanol–water partition coefficient (Wildman–Crippen LogP) is 3.11. The van der Waals surface area contributed by atoms with E-state index in [2.05, 4.69) is 26.3 Å². The van der Waals surface area contributed by atoms with Crippen molar-refractivity contribution >= 4 is 17.4 Å². The number of rotatable bonds is 6. The molecule has 1 aromatic carbocycles. The van der Waals surface area contributed by atoms with Crippen LogP contribution in [-0.2, 0) is 6.42 Å². The molecule has 7 heteroatoms. The zero-order chi connectivity index (χ0) is 19.9. The largest absolute Gasteiger partial charge is 0.340 e. The maximum absolute atomic E-state index is 12.8. The average Bonchev–Trinajstić information content (AvgIpc) is 2.72. The summed E-state index contributed by atoms with van der Waals surface area (Å²) < 4.78 is 0. The van der Waals surface area contributed by atoms with Crippen molar-refractivity contribution in [3.05, 3.63) is 77.5 Å². The first kappa shape index (κ1) is 19.0. The minimum absolute atomic E-state index is 0.184. The predicted molar refractivity (Wildman–Crippen MR) is 106 cm³/mol. The van der Waals surface area contributed by atoms with Crippen molar-refractivity contribution in [1.82, 2.24) is 19.9 Å². The van der Waals surface area contributed by atoms with E-state index >= 15 is 0 Å². The highest BCUT2D eigenvalue weighted by atomic mass is 16.2. The number of anilines is 2. The second kappa shape index (κ2) is 8.73. The van der Waals surface area contributed by atoms with E-state index in [4.69, 9.17) is 0 Å². The fourth-order valence-electron chi connectivity index (χ4n) is 2.71. The van der Waals surface area contributed by atoms with E-state index in [0.29, 0.717) is 35.1 Å². The van der Waals surface area contributed by atoms with Gasteiger partial charge in [-0.05, 0) is 43.2 Å². The fraction of sp³-hybridized carbons (Fsp3) is 0.190. The molecule has 0 saturated carbocycles. The monoisotopic (exact) mass is 372 g/mol. The molecule has 1 amide bonds. The highest BCUT2D eigenvalue weighted by Crippen LogP contribution is 2.19. The van der Waals surface area contributed by atoms with Gasteiger partial charge in [0.15, 0.2) is 0 Å². The van der Waals surface area contributed by atoms with Crippen LogP contribution in [-0.4, -0.2) is 39.4 Å². The van der Waals surface area contributed by atoms with Gasteiger partial charge < -0.3 is 10.2 Å². The Bertz CT molecular complexity index is 1010. The molecule has 140 valence electrons. The van der Waals surface area contributed by atoms with Crippen LogP contribution in [0.3, 0.4) is 0 Å². The first-order valence-electron chi connectivity index (χ1n) is 8.83. The van der Waals surface area contributed by atoms with Gasteiger partial charge in [-0.15, -0.1) is 0 Å². The molecule has 0 aliphatic heterocycles. The third-order valence-corrected chi connectivity index (χ3v) is 4.20. The number of carbonyl (C=O) groups is 1. The van der Waals surface area contributed by atoms with Crippen LogP contribution in [0.4, 0.5) is 11.5 Å². The number of pyridine rings is 1. The Morgan fingerprint density at radius 1 is 1.18 bits per heavy atom. The maximum atomic E-state index is 12.8. The quantitative estimate of drug-likeness (QED) is 0.714. The van der Waals surface area contributed by atoms with Gasteiger partial charge in [0.2, 0.25) is 0 Å². The van der Waals surface area contributed by atoms with Crippen molar-refractivity contribution in [2.45, 2.75) is 13.3 Å². The second-order valence-electron chi connectivity index (χ2n) is 6.30. The first-order chi connectivity index (χ1) is 13.6. The molecule has 3 rings (SSSR count). The molecule has 0 aliphatic rings. The van der Waals surface area contributed by atoms with E-state index in [0.717, 1.165) is 12.0 Å². The molecule has 0 saturated heterocycles. The zero-order valence-electron chi connectivity index (χ0n) is 15.8. The third-order valence-electron chi connectivity index (χ3n) is 4.20. The molecule has 0 radical (unpaired) electrons. The number of carbonyl (C=O) groups excluding carboxylic acids is 1. The lowest BCUT2D eigenvalue weighted by molar-refractivity contribution is 0.0790. The lowest BCUT2D eigenvalue weighted by Crippen LogP contribution is -2.30. The summed E-state index contributed by atoms with van der Waals surface area (Å²) in [6.07, 6.45) is 4.21. The van der Waals surface area contributed by atoms with Crippen LogP contribution >= 0.6 is 0 Å². The lowest BCUT2D eigenvalue weighted by atomic mass is 10.2. The number of amides is 1. The SMILES string of the molecule is Cc1nc(Nc2ccccc2C#N)cc(C(=O)N(C)CCc2ccncc2)n1. The molecule has 0 atom stereocenters. The molecule has 0 unspecified atom stereocenters. The number of para-hydroxylation sites is 1. The van der Waals surface area contributed by atoms with Crippen LogP contribution in [0.2, 0.25) is 0 Å². The van der Waals surface area contributed by atoms with Crippen molar-refractivity contribution in [1.29, 1.82) is 5.26 Å². The first-order valence-corrected chi connectivity index (χ1v) is 8.83. The fourth-order valence-corrected chi connectivity index (χ4v) is 2.71. The molecule has 2 aromatic heterocycles. The summed E-state index contributed by atoms with van der Waals surface area (Å²) in [7, 11) is 1.75. The van der Waals surface area contributed by atoms with Gasteiger partial charge >= 0.3 is 0 Å². The van der Waals surface area contributed by atoms with E-state index in [-0.39, 0.29) is 5.91 Å². The third kappa shape index (κ3) is 4.68. The minimum atomic E-state index is -0.184. The number of hydrogen-bond acceptors (Lipinski definition) is 6. The summed E-state index contributed by atoms with van der Waals surface area (Å²) in [5.41, 5.74) is 2.55. The standard InChI is InChI=1S/C21H20N6O/c1-15-24-19(21(28)27(2)12-9-16-7-10-23-11-8-16)13-20(25-15)26-18-6-4-3-5-17(18)14-22/h3-8,10-11,13H,9,12H2,1-2H3,(H,24,25,26). The smallest absolute Gasteiger partial charge is 0.272 e. The molecule has 1 N–H and O–H groups in total. The van der Waals surface area contributed by atoms with E-state index in [1.165, 1.54) is 0 Å². The molecule has 3 aromatic rings. The van der Waals surface area contributed by atoms with Crippen LogP contribution in [0.15, 0.2) is 54.9 Å². The number of nitrogens with one attached hydrogen (secondary N) is 1. The van der Waals surface area contributed by atoms with E-state index in [1.54, 1.807) is 55.5 Å². The number of aromatic nitrogens is 3. The minimum Gasteiger partial charge on any atom is -0.340 e. The number of nitrogens with zero attached hydrogens (tertiary/aromatic N) is 5. The topological polar surface area (TPSA) is 94.8 Å². The zero-order valence-corrected chi connectivity index (χ0v) is 15.8. The summed E-state index contributed by atoms with van der Waals surface area (Å²) in [5, 5.41) is 12.3. The van der Waals surface area contributed by atoms with E-state index in [9.17, 15) is 10.1 Å². The molecule has 28 heavy (non-hydrogen) atoms. The highest BCUT2D eigenvalue weighted by Gasteiger charge is 2.16. The summed E-state index contributed by atoms with van der Waals surface area (Å²) in [4.78, 5) is 27.0. The van der Waals surface area contributed by atoms with Crippen molar-refractivity contribution in [2.75, 3.05) is 18.9 Å². The second-order valence-corrected chi connectivity index (χ2v) is 6.30. The molecule has 0 bridgehead atoms. The van der Waals surface area contributed by atoms with Crippen LogP contribution < -0.4 is 5.32 Å². The molecular weight excluding hydrogens is 352 g/mol. The molecule has 7 nitrogen and oxygen atoms in total. The highest BCUT2D eigenvalue weighted by molar-refractivity contribution is 5.93. The molecule has 2 heterocycles. The average molecular weight is 372 g/mol. The van der Waals surface area contributed by atoms with Crippen LogP contribution in [0, 0.1) is 18.3 Å². The molecular formula is C21H20N6O. The summed E-state index contributed by atoms with van der Waals surface area (Å²) in [6, 6.07) is 14.7. The summed E-state index contributed by atoms with van der Waals surface area (Å²) in [6.45, 7) is 2.29. The van der Waals surface area contributed by atoms with Gasteiger partial charge in [0.1, 0.15) is 23.4 Å². The van der Waals surface area contributed by atoms with Gasteiger partial charge in [0.25, 0.3) is 5.91 Å². The Hall–Kier alpha value is -3.79. The number of hydrogen-bond donors (Lipinski definition) is 1. The van der Waals surface area contributed by atoms with Crippen LogP contribution in [0.25, 0.3) is 0 Å². The van der Waals surface area contributed by atoms with Crippen LogP contribution in [0.5, 0.6) is 0 Å². The Labute approximate surface area is 163 Å². The Morgan fingerprint density at radius 3 is 2.68 bits per heavy atom. The normalized spacial score (nSPS) is 10.2. The van der Waals surface area contributed by atoms with Crippen molar-refractivity contribution in [3.63, 3.8) is 0 Å². The number of aryl methyl sites for hydroxylation is 1. The van der Waals surface area contributed by atoms with E-state index in [1.807, 2.05) is 18.2 Å². The Balaban J connectivity index is 1.75. The van der Waals surface area contributed by atoms with Crippen LogP contribution in [0.1, 0.15) is 27.4 Å². The van der Waals surface area contributed by atoms with Gasteiger partial charge in [-0.25, -0.2) is 9.97 Å². The van der Waals surface area contributed by atoms with Crippen molar-refractivity contribution < 1.29 is 4.79 Å².